The van der Waals surface area contributed by atoms with Crippen LogP contribution in [0.4, 0.5) is 11.4 Å². The van der Waals surface area contributed by atoms with E-state index in [-0.39, 0.29) is 23.3 Å². The van der Waals surface area contributed by atoms with Gasteiger partial charge in [-0.2, -0.15) is 0 Å². The smallest absolute Gasteiger partial charge is 0.234 e. The molecule has 2 aromatic carbocycles. The molecule has 0 aliphatic rings. The molecule has 150 valence electrons. The Morgan fingerprint density at radius 3 is 2.14 bits per heavy atom. The molecular formula is C20H24N2O5S. The van der Waals surface area contributed by atoms with Gasteiger partial charge in [0.05, 0.1) is 43.7 Å². The largest absolute Gasteiger partial charge is 0.497 e. The summed E-state index contributed by atoms with van der Waals surface area (Å²) in [7, 11) is 3.07. The number of ether oxygens (including phenoxy) is 3. The summed E-state index contributed by atoms with van der Waals surface area (Å²) in [6.07, 6.45) is 0. The van der Waals surface area contributed by atoms with Gasteiger partial charge in [0.1, 0.15) is 17.2 Å². The SMILES string of the molecule is CCOc1ccccc1NC(=O)CSCC(=O)Nc1ccc(OC)cc1OC. The number of thioether (sulfide) groups is 1. The average molecular weight is 404 g/mol. The molecule has 0 fully saturated rings. The fraction of sp³-hybridized carbons (Fsp3) is 0.300. The highest BCUT2D eigenvalue weighted by atomic mass is 32.2. The topological polar surface area (TPSA) is 85.9 Å². The number of para-hydroxylation sites is 2. The second-order valence-electron chi connectivity index (χ2n) is 5.58. The average Bonchev–Trinajstić information content (AvgIpc) is 2.70. The van der Waals surface area contributed by atoms with E-state index < -0.39 is 0 Å². The number of anilines is 2. The van der Waals surface area contributed by atoms with Crippen LogP contribution in [0.25, 0.3) is 0 Å². The Bertz CT molecular complexity index is 813. The number of hydrogen-bond acceptors (Lipinski definition) is 6. The van der Waals surface area contributed by atoms with Crippen molar-refractivity contribution >= 4 is 35.0 Å². The van der Waals surface area contributed by atoms with E-state index in [1.54, 1.807) is 37.4 Å². The van der Waals surface area contributed by atoms with Crippen LogP contribution in [0.5, 0.6) is 17.2 Å². The third-order valence-corrected chi connectivity index (χ3v) is 4.54. The van der Waals surface area contributed by atoms with Crippen LogP contribution >= 0.6 is 11.8 Å². The normalized spacial score (nSPS) is 10.1. The van der Waals surface area contributed by atoms with E-state index in [1.165, 1.54) is 18.9 Å². The molecule has 0 radical (unpaired) electrons. The Balaban J connectivity index is 1.82. The quantitative estimate of drug-likeness (QED) is 0.631. The highest BCUT2D eigenvalue weighted by molar-refractivity contribution is 8.00. The van der Waals surface area contributed by atoms with Gasteiger partial charge in [-0.3, -0.25) is 9.59 Å². The summed E-state index contributed by atoms with van der Waals surface area (Å²) in [5.41, 5.74) is 1.16. The first-order valence-electron chi connectivity index (χ1n) is 8.68. The van der Waals surface area contributed by atoms with Crippen LogP contribution in [0.3, 0.4) is 0 Å². The maximum Gasteiger partial charge on any atom is 0.234 e. The van der Waals surface area contributed by atoms with Crippen LogP contribution in [0.15, 0.2) is 42.5 Å². The van der Waals surface area contributed by atoms with Crippen molar-refractivity contribution in [2.45, 2.75) is 6.92 Å². The van der Waals surface area contributed by atoms with Crippen LogP contribution in [0.2, 0.25) is 0 Å². The summed E-state index contributed by atoms with van der Waals surface area (Å²) in [4.78, 5) is 24.3. The maximum absolute atomic E-state index is 12.1. The monoisotopic (exact) mass is 404 g/mol. The molecule has 2 aromatic rings. The molecule has 2 amide bonds. The van der Waals surface area contributed by atoms with E-state index in [1.807, 2.05) is 19.1 Å². The van der Waals surface area contributed by atoms with Crippen LogP contribution in [0.1, 0.15) is 6.92 Å². The van der Waals surface area contributed by atoms with Gasteiger partial charge in [-0.05, 0) is 31.2 Å². The van der Waals surface area contributed by atoms with Gasteiger partial charge in [-0.25, -0.2) is 0 Å². The van der Waals surface area contributed by atoms with Crippen molar-refractivity contribution in [3.05, 3.63) is 42.5 Å². The maximum atomic E-state index is 12.1. The van der Waals surface area contributed by atoms with Gasteiger partial charge in [0, 0.05) is 6.07 Å². The number of hydrogen-bond donors (Lipinski definition) is 2. The van der Waals surface area contributed by atoms with Crippen molar-refractivity contribution in [2.24, 2.45) is 0 Å². The van der Waals surface area contributed by atoms with Gasteiger partial charge in [0.25, 0.3) is 0 Å². The molecule has 0 saturated heterocycles. The van der Waals surface area contributed by atoms with Gasteiger partial charge in [0.15, 0.2) is 0 Å². The molecule has 8 heteroatoms. The summed E-state index contributed by atoms with van der Waals surface area (Å²) in [5.74, 6) is 1.61. The summed E-state index contributed by atoms with van der Waals surface area (Å²) in [6, 6.07) is 12.4. The van der Waals surface area contributed by atoms with Crippen molar-refractivity contribution < 1.29 is 23.8 Å². The molecular weight excluding hydrogens is 380 g/mol. The highest BCUT2D eigenvalue weighted by Gasteiger charge is 2.11. The first kappa shape index (κ1) is 21.4. The third-order valence-electron chi connectivity index (χ3n) is 3.61. The van der Waals surface area contributed by atoms with Gasteiger partial charge in [-0.15, -0.1) is 11.8 Å². The Morgan fingerprint density at radius 2 is 1.54 bits per heavy atom. The Kier molecular flexibility index (Phi) is 8.48. The van der Waals surface area contributed by atoms with Crippen molar-refractivity contribution in [3.63, 3.8) is 0 Å². The number of benzene rings is 2. The fourth-order valence-electron chi connectivity index (χ4n) is 2.36. The molecule has 2 N–H and O–H groups in total. The molecule has 0 aliphatic heterocycles. The van der Waals surface area contributed by atoms with Gasteiger partial charge in [-0.1, -0.05) is 12.1 Å². The van der Waals surface area contributed by atoms with E-state index in [0.29, 0.717) is 35.2 Å². The van der Waals surface area contributed by atoms with Crippen molar-refractivity contribution in [3.8, 4) is 17.2 Å². The number of nitrogens with one attached hydrogen (secondary N) is 2. The number of carbonyl (C=O) groups excluding carboxylic acids is 2. The minimum Gasteiger partial charge on any atom is -0.497 e. The lowest BCUT2D eigenvalue weighted by atomic mass is 10.2. The van der Waals surface area contributed by atoms with E-state index in [2.05, 4.69) is 10.6 Å². The zero-order valence-corrected chi connectivity index (χ0v) is 16.9. The molecule has 0 spiro atoms. The van der Waals surface area contributed by atoms with E-state index in [0.717, 1.165) is 0 Å². The number of rotatable bonds is 10. The molecule has 0 atom stereocenters. The van der Waals surface area contributed by atoms with Crippen LogP contribution < -0.4 is 24.8 Å². The number of amides is 2. The Hall–Kier alpha value is -2.87. The van der Waals surface area contributed by atoms with E-state index >= 15 is 0 Å². The summed E-state index contributed by atoms with van der Waals surface area (Å²) in [6.45, 7) is 2.39. The van der Waals surface area contributed by atoms with Crippen molar-refractivity contribution in [2.75, 3.05) is 43.0 Å². The minimum absolute atomic E-state index is 0.135. The molecule has 7 nitrogen and oxygen atoms in total. The predicted molar refractivity (Wildman–Crippen MR) is 112 cm³/mol. The number of carbonyl (C=O) groups is 2. The van der Waals surface area contributed by atoms with Crippen molar-refractivity contribution in [1.82, 2.24) is 0 Å². The minimum atomic E-state index is -0.226. The second-order valence-corrected chi connectivity index (χ2v) is 6.57. The van der Waals surface area contributed by atoms with E-state index in [9.17, 15) is 9.59 Å². The standard InChI is InChI=1S/C20H24N2O5S/c1-4-27-17-8-6-5-7-15(17)21-19(23)12-28-13-20(24)22-16-10-9-14(25-2)11-18(16)26-3/h5-11H,4,12-13H2,1-3H3,(H,21,23)(H,22,24). The molecule has 28 heavy (non-hydrogen) atoms. The van der Waals surface area contributed by atoms with E-state index in [4.69, 9.17) is 14.2 Å². The lowest BCUT2D eigenvalue weighted by Gasteiger charge is -2.12. The summed E-state index contributed by atoms with van der Waals surface area (Å²) in [5, 5.41) is 5.57. The predicted octanol–water partition coefficient (Wildman–Crippen LogP) is 3.41. The van der Waals surface area contributed by atoms with Crippen LogP contribution in [-0.2, 0) is 9.59 Å². The fourth-order valence-corrected chi connectivity index (χ4v) is 2.98. The zero-order valence-electron chi connectivity index (χ0n) is 16.1. The molecule has 0 aliphatic carbocycles. The zero-order chi connectivity index (χ0) is 20.4. The van der Waals surface area contributed by atoms with Gasteiger partial charge in [0.2, 0.25) is 11.8 Å². The molecule has 0 heterocycles. The lowest BCUT2D eigenvalue weighted by Crippen LogP contribution is -2.19. The second kappa shape index (κ2) is 11.1. The Labute approximate surface area is 168 Å². The van der Waals surface area contributed by atoms with Crippen LogP contribution in [0, 0.1) is 0 Å². The summed E-state index contributed by atoms with van der Waals surface area (Å²) >= 11 is 1.22. The molecule has 0 bridgehead atoms. The molecule has 0 unspecified atom stereocenters. The van der Waals surface area contributed by atoms with Gasteiger partial charge < -0.3 is 24.8 Å². The summed E-state index contributed by atoms with van der Waals surface area (Å²) < 4.78 is 15.9. The molecule has 2 rings (SSSR count). The van der Waals surface area contributed by atoms with Crippen LogP contribution in [-0.4, -0.2) is 44.1 Å². The van der Waals surface area contributed by atoms with Crippen molar-refractivity contribution in [1.29, 1.82) is 0 Å². The van der Waals surface area contributed by atoms with Gasteiger partial charge >= 0.3 is 0 Å². The Morgan fingerprint density at radius 1 is 0.893 bits per heavy atom. The number of methoxy groups -OCH3 is 2. The lowest BCUT2D eigenvalue weighted by molar-refractivity contribution is -0.114. The highest BCUT2D eigenvalue weighted by Crippen LogP contribution is 2.29. The molecule has 0 aromatic heterocycles. The third kappa shape index (κ3) is 6.38. The first-order chi connectivity index (χ1) is 13.6. The molecule has 0 saturated carbocycles. The first-order valence-corrected chi connectivity index (χ1v) is 9.84.